The number of nitrogens with one attached hydrogen (secondary N) is 1. The highest BCUT2D eigenvalue weighted by atomic mass is 79.9. The van der Waals surface area contributed by atoms with E-state index in [0.717, 1.165) is 10.0 Å². The summed E-state index contributed by atoms with van der Waals surface area (Å²) in [7, 11) is 0. The number of aromatic nitrogens is 1. The maximum absolute atomic E-state index is 12.0. The molecule has 24 heavy (non-hydrogen) atoms. The van der Waals surface area contributed by atoms with Crippen LogP contribution in [0.4, 0.5) is 0 Å². The van der Waals surface area contributed by atoms with Gasteiger partial charge >= 0.3 is 5.97 Å². The quantitative estimate of drug-likeness (QED) is 0.465. The second kappa shape index (κ2) is 8.44. The largest absolute Gasteiger partial charge is 0.619 e. The third kappa shape index (κ3) is 5.06. The number of hydrogen-bond acceptors (Lipinski definition) is 4. The van der Waals surface area contributed by atoms with Crippen LogP contribution in [0.15, 0.2) is 53.3 Å². The van der Waals surface area contributed by atoms with Crippen LogP contribution in [0.3, 0.4) is 0 Å². The Morgan fingerprint density at radius 2 is 1.83 bits per heavy atom. The fraction of sp³-hybridized carbons (Fsp3) is 0.235. The molecule has 0 saturated carbocycles. The highest BCUT2D eigenvalue weighted by molar-refractivity contribution is 9.10. The molecular formula is C17H17BrN2O4. The van der Waals surface area contributed by atoms with E-state index in [1.165, 1.54) is 24.5 Å². The van der Waals surface area contributed by atoms with Gasteiger partial charge in [-0.2, -0.15) is 4.73 Å². The van der Waals surface area contributed by atoms with Crippen LogP contribution < -0.4 is 10.0 Å². The van der Waals surface area contributed by atoms with Crippen molar-refractivity contribution in [2.24, 2.45) is 0 Å². The number of nitrogens with zero attached hydrogens (tertiary/aromatic N) is 1. The minimum absolute atomic E-state index is 0.152. The molecule has 0 aliphatic rings. The monoisotopic (exact) mass is 392 g/mol. The summed E-state index contributed by atoms with van der Waals surface area (Å²) in [6.07, 6.45) is 3.10. The van der Waals surface area contributed by atoms with Crippen molar-refractivity contribution in [2.45, 2.75) is 19.4 Å². The Bertz CT molecular complexity index is 702. The van der Waals surface area contributed by atoms with Crippen LogP contribution in [0, 0.1) is 5.21 Å². The van der Waals surface area contributed by atoms with Crippen molar-refractivity contribution >= 4 is 27.8 Å². The van der Waals surface area contributed by atoms with Crippen molar-refractivity contribution in [3.05, 3.63) is 69.6 Å². The average molecular weight is 393 g/mol. The highest BCUT2D eigenvalue weighted by Gasteiger charge is 2.15. The van der Waals surface area contributed by atoms with Crippen molar-refractivity contribution in [3.63, 3.8) is 0 Å². The number of pyridine rings is 1. The van der Waals surface area contributed by atoms with Gasteiger partial charge in [0.15, 0.2) is 19.0 Å². The van der Waals surface area contributed by atoms with Crippen LogP contribution in [-0.2, 0) is 9.53 Å². The number of halogens is 1. The molecule has 0 saturated heterocycles. The van der Waals surface area contributed by atoms with Crippen molar-refractivity contribution in [1.29, 1.82) is 0 Å². The van der Waals surface area contributed by atoms with Crippen LogP contribution in [0.5, 0.6) is 0 Å². The molecule has 1 heterocycles. The first-order valence-electron chi connectivity index (χ1n) is 7.40. The molecule has 0 aliphatic heterocycles. The standard InChI is InChI=1S/C17H17BrN2O4/c1-2-15(12-3-5-14(18)6-4-12)19-16(21)11-24-17(22)13-7-9-20(23)10-8-13/h3-10,15H,2,11H2,1H3,(H,19,21)/t15-/m0/s1. The summed E-state index contributed by atoms with van der Waals surface area (Å²) in [5.74, 6) is -1.03. The fourth-order valence-corrected chi connectivity index (χ4v) is 2.38. The zero-order valence-electron chi connectivity index (χ0n) is 13.1. The summed E-state index contributed by atoms with van der Waals surface area (Å²) >= 11 is 3.37. The third-order valence-corrected chi connectivity index (χ3v) is 3.92. The normalized spacial score (nSPS) is 11.6. The summed E-state index contributed by atoms with van der Waals surface area (Å²) in [6.45, 7) is 1.58. The van der Waals surface area contributed by atoms with Crippen LogP contribution in [0.25, 0.3) is 0 Å². The molecule has 0 radical (unpaired) electrons. The molecule has 1 aromatic carbocycles. The Labute approximate surface area is 148 Å². The number of benzene rings is 1. The molecular weight excluding hydrogens is 376 g/mol. The lowest BCUT2D eigenvalue weighted by Gasteiger charge is -2.17. The molecule has 1 aromatic heterocycles. The Kier molecular flexibility index (Phi) is 6.31. The molecule has 0 fully saturated rings. The van der Waals surface area contributed by atoms with E-state index in [1.54, 1.807) is 0 Å². The summed E-state index contributed by atoms with van der Waals surface area (Å²) in [5.41, 5.74) is 1.19. The van der Waals surface area contributed by atoms with Gasteiger partial charge in [0, 0.05) is 16.6 Å². The van der Waals surface area contributed by atoms with E-state index in [4.69, 9.17) is 4.74 Å². The number of amides is 1. The predicted molar refractivity (Wildman–Crippen MR) is 91.0 cm³/mol. The molecule has 0 unspecified atom stereocenters. The Balaban J connectivity index is 1.88. The van der Waals surface area contributed by atoms with Crippen LogP contribution >= 0.6 is 15.9 Å². The average Bonchev–Trinajstić information content (AvgIpc) is 2.59. The smallest absolute Gasteiger partial charge is 0.339 e. The number of carbonyl (C=O) groups is 2. The zero-order chi connectivity index (χ0) is 17.5. The van der Waals surface area contributed by atoms with Gasteiger partial charge in [0.25, 0.3) is 5.91 Å². The van der Waals surface area contributed by atoms with Crippen LogP contribution in [0.2, 0.25) is 0 Å². The SMILES string of the molecule is CC[C@H](NC(=O)COC(=O)c1cc[n+]([O-])cc1)c1ccc(Br)cc1. The van der Waals surface area contributed by atoms with Gasteiger partial charge in [-0.15, -0.1) is 0 Å². The molecule has 2 rings (SSSR count). The van der Waals surface area contributed by atoms with E-state index in [1.807, 2.05) is 31.2 Å². The molecule has 7 heteroatoms. The van der Waals surface area contributed by atoms with Gasteiger partial charge in [0.2, 0.25) is 0 Å². The Morgan fingerprint density at radius 3 is 2.42 bits per heavy atom. The van der Waals surface area contributed by atoms with E-state index in [0.29, 0.717) is 11.2 Å². The predicted octanol–water partition coefficient (Wildman–Crippen LogP) is 2.51. The zero-order valence-corrected chi connectivity index (χ0v) is 14.7. The van der Waals surface area contributed by atoms with Crippen molar-refractivity contribution < 1.29 is 19.1 Å². The lowest BCUT2D eigenvalue weighted by Crippen LogP contribution is -2.32. The van der Waals surface area contributed by atoms with Gasteiger partial charge in [-0.1, -0.05) is 35.0 Å². The molecule has 2 aromatic rings. The molecule has 0 spiro atoms. The van der Waals surface area contributed by atoms with Crippen LogP contribution in [0.1, 0.15) is 35.3 Å². The lowest BCUT2D eigenvalue weighted by atomic mass is 10.0. The van der Waals surface area contributed by atoms with Gasteiger partial charge in [-0.05, 0) is 24.1 Å². The molecule has 1 atom stereocenters. The number of hydrogen-bond donors (Lipinski definition) is 1. The van der Waals surface area contributed by atoms with Crippen LogP contribution in [-0.4, -0.2) is 18.5 Å². The summed E-state index contributed by atoms with van der Waals surface area (Å²) in [6, 6.07) is 10.2. The summed E-state index contributed by atoms with van der Waals surface area (Å²) < 4.78 is 6.49. The molecule has 6 nitrogen and oxygen atoms in total. The minimum Gasteiger partial charge on any atom is -0.619 e. The lowest BCUT2D eigenvalue weighted by molar-refractivity contribution is -0.605. The molecule has 126 valence electrons. The number of carbonyl (C=O) groups excluding carboxylic acids is 2. The summed E-state index contributed by atoms with van der Waals surface area (Å²) in [4.78, 5) is 23.8. The molecule has 0 aliphatic carbocycles. The van der Waals surface area contributed by atoms with E-state index in [-0.39, 0.29) is 24.1 Å². The highest BCUT2D eigenvalue weighted by Crippen LogP contribution is 2.19. The third-order valence-electron chi connectivity index (χ3n) is 3.39. The first kappa shape index (κ1) is 17.9. The van der Waals surface area contributed by atoms with Crippen molar-refractivity contribution in [2.75, 3.05) is 6.61 Å². The maximum Gasteiger partial charge on any atom is 0.339 e. The molecule has 1 amide bonds. The number of esters is 1. The maximum atomic E-state index is 12.0. The van der Waals surface area contributed by atoms with Gasteiger partial charge in [-0.3, -0.25) is 4.79 Å². The second-order valence-electron chi connectivity index (χ2n) is 5.10. The first-order valence-corrected chi connectivity index (χ1v) is 8.19. The van der Waals surface area contributed by atoms with Gasteiger partial charge in [0.1, 0.15) is 0 Å². The molecule has 1 N–H and O–H groups in total. The molecule has 0 bridgehead atoms. The van der Waals surface area contributed by atoms with E-state index >= 15 is 0 Å². The number of ether oxygens (including phenoxy) is 1. The van der Waals surface area contributed by atoms with Crippen molar-refractivity contribution in [3.8, 4) is 0 Å². The number of rotatable bonds is 6. The van der Waals surface area contributed by atoms with Gasteiger partial charge < -0.3 is 15.3 Å². The van der Waals surface area contributed by atoms with Gasteiger partial charge in [-0.25, -0.2) is 4.79 Å². The van der Waals surface area contributed by atoms with Gasteiger partial charge in [0.05, 0.1) is 11.6 Å². The van der Waals surface area contributed by atoms with E-state index in [2.05, 4.69) is 21.2 Å². The Hall–Kier alpha value is -2.41. The van der Waals surface area contributed by atoms with E-state index in [9.17, 15) is 14.8 Å². The topological polar surface area (TPSA) is 82.3 Å². The van der Waals surface area contributed by atoms with Crippen molar-refractivity contribution in [1.82, 2.24) is 5.32 Å². The second-order valence-corrected chi connectivity index (χ2v) is 6.02. The Morgan fingerprint density at radius 1 is 1.21 bits per heavy atom. The minimum atomic E-state index is -0.651. The fourth-order valence-electron chi connectivity index (χ4n) is 2.12. The first-order chi connectivity index (χ1) is 11.5. The van der Waals surface area contributed by atoms with E-state index < -0.39 is 5.97 Å². The summed E-state index contributed by atoms with van der Waals surface area (Å²) in [5, 5.41) is 13.8.